The van der Waals surface area contributed by atoms with Crippen LogP contribution in [0.4, 0.5) is 0 Å². The first-order valence-corrected chi connectivity index (χ1v) is 6.61. The highest BCUT2D eigenvalue weighted by molar-refractivity contribution is 6.68. The standard InChI is InChI=1S/C13H21BN2O/c1-12(2)9-14(17-13(12,3)4)10-7-15-16(8-10)11-5-6-11/h7-8,11H,5-6,9H2,1-4H3. The van der Waals surface area contributed by atoms with E-state index in [1.54, 1.807) is 0 Å². The second kappa shape index (κ2) is 3.38. The predicted octanol–water partition coefficient (Wildman–Crippen LogP) is 2.25. The zero-order valence-corrected chi connectivity index (χ0v) is 11.2. The topological polar surface area (TPSA) is 27.1 Å². The Labute approximate surface area is 104 Å². The lowest BCUT2D eigenvalue weighted by atomic mass is 9.55. The molecule has 1 aliphatic carbocycles. The van der Waals surface area contributed by atoms with Crippen LogP contribution in [0.5, 0.6) is 0 Å². The summed E-state index contributed by atoms with van der Waals surface area (Å²) in [7, 11) is 0. The fraction of sp³-hybridized carbons (Fsp3) is 0.769. The summed E-state index contributed by atoms with van der Waals surface area (Å²) in [6, 6.07) is 0.658. The Morgan fingerprint density at radius 2 is 2.06 bits per heavy atom. The molecule has 1 aromatic heterocycles. The van der Waals surface area contributed by atoms with Crippen LogP contribution in [0.2, 0.25) is 6.32 Å². The van der Waals surface area contributed by atoms with Crippen molar-refractivity contribution >= 4 is 12.4 Å². The van der Waals surface area contributed by atoms with E-state index < -0.39 is 0 Å². The summed E-state index contributed by atoms with van der Waals surface area (Å²) < 4.78 is 8.32. The van der Waals surface area contributed by atoms with Gasteiger partial charge in [-0.1, -0.05) is 13.8 Å². The molecule has 92 valence electrons. The molecule has 1 saturated heterocycles. The van der Waals surface area contributed by atoms with E-state index in [1.165, 1.54) is 18.3 Å². The molecule has 0 aromatic carbocycles. The Morgan fingerprint density at radius 3 is 2.59 bits per heavy atom. The SMILES string of the molecule is CC1(C)CB(c2cnn(C3CC3)c2)OC1(C)C. The summed E-state index contributed by atoms with van der Waals surface area (Å²) in [6.07, 6.45) is 7.81. The molecule has 0 atom stereocenters. The Balaban J connectivity index is 1.81. The van der Waals surface area contributed by atoms with Crippen LogP contribution in [0.3, 0.4) is 0 Å². The monoisotopic (exact) mass is 232 g/mol. The van der Waals surface area contributed by atoms with Gasteiger partial charge in [-0.15, -0.1) is 0 Å². The molecule has 0 unspecified atom stereocenters. The lowest BCUT2D eigenvalue weighted by Gasteiger charge is -2.34. The Morgan fingerprint density at radius 1 is 1.35 bits per heavy atom. The van der Waals surface area contributed by atoms with Gasteiger partial charge < -0.3 is 4.65 Å². The van der Waals surface area contributed by atoms with Crippen molar-refractivity contribution in [1.29, 1.82) is 0 Å². The first-order valence-electron chi connectivity index (χ1n) is 6.61. The van der Waals surface area contributed by atoms with E-state index in [9.17, 15) is 0 Å². The average molecular weight is 232 g/mol. The Bertz CT molecular complexity index is 418. The van der Waals surface area contributed by atoms with E-state index in [2.05, 4.69) is 43.7 Å². The maximum absolute atomic E-state index is 6.21. The normalized spacial score (nSPS) is 26.5. The number of rotatable bonds is 2. The summed E-state index contributed by atoms with van der Waals surface area (Å²) in [5.74, 6) is 0. The van der Waals surface area contributed by atoms with Crippen molar-refractivity contribution in [2.24, 2.45) is 5.41 Å². The molecule has 2 heterocycles. The van der Waals surface area contributed by atoms with E-state index >= 15 is 0 Å². The summed E-state index contributed by atoms with van der Waals surface area (Å²) in [5.41, 5.74) is 1.41. The van der Waals surface area contributed by atoms with Crippen LogP contribution in [0.15, 0.2) is 12.4 Å². The minimum Gasteiger partial charge on any atom is -0.425 e. The third kappa shape index (κ3) is 1.83. The number of nitrogens with zero attached hydrogens (tertiary/aromatic N) is 2. The number of aromatic nitrogens is 2. The number of hydrogen-bond donors (Lipinski definition) is 0. The molecular weight excluding hydrogens is 211 g/mol. The van der Waals surface area contributed by atoms with Crippen LogP contribution >= 0.6 is 0 Å². The molecular formula is C13H21BN2O. The van der Waals surface area contributed by atoms with Gasteiger partial charge in [0.25, 0.3) is 0 Å². The Hall–Kier alpha value is -0.765. The van der Waals surface area contributed by atoms with Crippen LogP contribution in [-0.2, 0) is 4.65 Å². The smallest absolute Gasteiger partial charge is 0.331 e. The predicted molar refractivity (Wildman–Crippen MR) is 69.6 cm³/mol. The molecule has 0 bridgehead atoms. The lowest BCUT2D eigenvalue weighted by Crippen LogP contribution is -2.35. The maximum Gasteiger partial charge on any atom is 0.331 e. The molecule has 0 radical (unpaired) electrons. The molecule has 1 aromatic rings. The first-order chi connectivity index (χ1) is 7.89. The van der Waals surface area contributed by atoms with E-state index in [0.717, 1.165) is 6.32 Å². The van der Waals surface area contributed by atoms with Crippen molar-refractivity contribution in [3.63, 3.8) is 0 Å². The zero-order chi connectivity index (χ0) is 12.3. The quantitative estimate of drug-likeness (QED) is 0.731. The van der Waals surface area contributed by atoms with Crippen LogP contribution < -0.4 is 5.46 Å². The van der Waals surface area contributed by atoms with Gasteiger partial charge in [-0.3, -0.25) is 4.68 Å². The molecule has 0 N–H and O–H groups in total. The van der Waals surface area contributed by atoms with Crippen LogP contribution in [0, 0.1) is 5.41 Å². The van der Waals surface area contributed by atoms with Gasteiger partial charge in [-0.25, -0.2) is 0 Å². The van der Waals surface area contributed by atoms with Crippen molar-refractivity contribution < 1.29 is 4.65 Å². The number of hydrogen-bond acceptors (Lipinski definition) is 2. The molecule has 17 heavy (non-hydrogen) atoms. The highest BCUT2D eigenvalue weighted by Crippen LogP contribution is 2.45. The average Bonchev–Trinajstić information content (AvgIpc) is 2.89. The van der Waals surface area contributed by atoms with Gasteiger partial charge in [0.05, 0.1) is 11.6 Å². The first kappa shape index (κ1) is 11.3. The largest absolute Gasteiger partial charge is 0.425 e. The molecule has 1 saturated carbocycles. The molecule has 2 fully saturated rings. The second-order valence-corrected chi connectivity index (χ2v) is 6.69. The third-order valence-electron chi connectivity index (χ3n) is 4.68. The minimum absolute atomic E-state index is 0.0562. The van der Waals surface area contributed by atoms with Crippen molar-refractivity contribution in [3.8, 4) is 0 Å². The fourth-order valence-corrected chi connectivity index (χ4v) is 2.51. The van der Waals surface area contributed by atoms with Gasteiger partial charge in [0.2, 0.25) is 0 Å². The maximum atomic E-state index is 6.21. The molecule has 4 heteroatoms. The van der Waals surface area contributed by atoms with E-state index in [1.807, 2.05) is 6.20 Å². The zero-order valence-electron chi connectivity index (χ0n) is 11.2. The summed E-state index contributed by atoms with van der Waals surface area (Å²) in [6.45, 7) is 9.18. The van der Waals surface area contributed by atoms with Gasteiger partial charge in [-0.05, 0) is 43.9 Å². The van der Waals surface area contributed by atoms with Crippen molar-refractivity contribution in [2.75, 3.05) is 0 Å². The van der Waals surface area contributed by atoms with Gasteiger partial charge >= 0.3 is 6.92 Å². The fourth-order valence-electron chi connectivity index (χ4n) is 2.51. The van der Waals surface area contributed by atoms with Gasteiger partial charge in [0, 0.05) is 12.4 Å². The van der Waals surface area contributed by atoms with Crippen LogP contribution in [0.1, 0.15) is 46.6 Å². The van der Waals surface area contributed by atoms with Crippen molar-refractivity contribution in [2.45, 2.75) is 58.5 Å². The van der Waals surface area contributed by atoms with E-state index in [0.29, 0.717) is 6.04 Å². The van der Waals surface area contributed by atoms with E-state index in [-0.39, 0.29) is 17.9 Å². The van der Waals surface area contributed by atoms with Gasteiger partial charge in [0.15, 0.2) is 0 Å². The van der Waals surface area contributed by atoms with Crippen LogP contribution in [0.25, 0.3) is 0 Å². The molecule has 3 nitrogen and oxygen atoms in total. The van der Waals surface area contributed by atoms with Gasteiger partial charge in [-0.2, -0.15) is 5.10 Å². The molecule has 0 amide bonds. The van der Waals surface area contributed by atoms with Gasteiger partial charge in [0.1, 0.15) is 0 Å². The molecule has 1 aliphatic heterocycles. The van der Waals surface area contributed by atoms with Crippen molar-refractivity contribution in [3.05, 3.63) is 12.4 Å². The summed E-state index contributed by atoms with van der Waals surface area (Å²) >= 11 is 0. The van der Waals surface area contributed by atoms with Crippen LogP contribution in [-0.4, -0.2) is 22.3 Å². The summed E-state index contributed by atoms with van der Waals surface area (Å²) in [5, 5.41) is 4.45. The third-order valence-corrected chi connectivity index (χ3v) is 4.68. The highest BCUT2D eigenvalue weighted by Gasteiger charge is 2.50. The highest BCUT2D eigenvalue weighted by atomic mass is 16.5. The molecule has 0 spiro atoms. The lowest BCUT2D eigenvalue weighted by molar-refractivity contribution is 0.0375. The van der Waals surface area contributed by atoms with E-state index in [4.69, 9.17) is 4.65 Å². The summed E-state index contributed by atoms with van der Waals surface area (Å²) in [4.78, 5) is 0. The van der Waals surface area contributed by atoms with Crippen molar-refractivity contribution in [1.82, 2.24) is 9.78 Å². The second-order valence-electron chi connectivity index (χ2n) is 6.69. The molecule has 2 aliphatic rings. The molecule has 3 rings (SSSR count). The Kier molecular flexibility index (Phi) is 2.25. The minimum atomic E-state index is -0.0562.